The average molecular weight is 338 g/mol. The van der Waals surface area contributed by atoms with Gasteiger partial charge in [-0.3, -0.25) is 4.79 Å². The highest BCUT2D eigenvalue weighted by Crippen LogP contribution is 2.42. The van der Waals surface area contributed by atoms with Crippen molar-refractivity contribution in [3.05, 3.63) is 53.9 Å². The molecule has 0 bridgehead atoms. The molecule has 0 aliphatic carbocycles. The number of likely N-dealkylation sites (tertiary alicyclic amines) is 1. The number of rotatable bonds is 4. The molecule has 132 valence electrons. The minimum atomic E-state index is 0.00241. The summed E-state index contributed by atoms with van der Waals surface area (Å²) in [5.41, 5.74) is 1.87. The van der Waals surface area contributed by atoms with Crippen LogP contribution < -0.4 is 5.32 Å². The lowest BCUT2D eigenvalue weighted by molar-refractivity contribution is 0.0777. The Morgan fingerprint density at radius 3 is 2.44 bits per heavy atom. The van der Waals surface area contributed by atoms with Crippen molar-refractivity contribution in [3.8, 4) is 0 Å². The molecule has 0 radical (unpaired) electrons. The number of hydrogen-bond donors (Lipinski definition) is 1. The van der Waals surface area contributed by atoms with E-state index in [1.165, 1.54) is 5.56 Å². The highest BCUT2D eigenvalue weighted by Gasteiger charge is 2.42. The van der Waals surface area contributed by atoms with Gasteiger partial charge >= 0.3 is 0 Å². The molecule has 1 aromatic heterocycles. The number of amides is 1. The molecule has 2 aromatic rings. The Balaban J connectivity index is 1.75. The zero-order chi connectivity index (χ0) is 18.0. The second-order valence-electron chi connectivity index (χ2n) is 7.73. The first kappa shape index (κ1) is 17.4. The molecule has 1 N–H and O–H groups in total. The van der Waals surface area contributed by atoms with E-state index in [1.54, 1.807) is 12.4 Å². The molecule has 0 spiro atoms. The zero-order valence-corrected chi connectivity index (χ0v) is 15.4. The van der Waals surface area contributed by atoms with Crippen LogP contribution in [0.5, 0.6) is 0 Å². The summed E-state index contributed by atoms with van der Waals surface area (Å²) in [7, 11) is 0. The second-order valence-corrected chi connectivity index (χ2v) is 7.73. The summed E-state index contributed by atoms with van der Waals surface area (Å²) in [5, 5.41) is 3.13. The third-order valence-electron chi connectivity index (χ3n) is 4.75. The van der Waals surface area contributed by atoms with Crippen molar-refractivity contribution in [2.24, 2.45) is 5.41 Å². The molecular weight excluding hydrogens is 312 g/mol. The van der Waals surface area contributed by atoms with Gasteiger partial charge in [0.15, 0.2) is 0 Å². The van der Waals surface area contributed by atoms with Gasteiger partial charge in [-0.1, -0.05) is 44.2 Å². The van der Waals surface area contributed by atoms with Crippen molar-refractivity contribution in [2.45, 2.75) is 39.7 Å². The van der Waals surface area contributed by atoms with E-state index in [4.69, 9.17) is 0 Å². The maximum absolute atomic E-state index is 12.9. The van der Waals surface area contributed by atoms with Gasteiger partial charge in [0.05, 0.1) is 5.56 Å². The molecule has 1 atom stereocenters. The molecule has 1 aliphatic rings. The topological polar surface area (TPSA) is 58.1 Å². The van der Waals surface area contributed by atoms with Crippen LogP contribution >= 0.6 is 0 Å². The summed E-state index contributed by atoms with van der Waals surface area (Å²) in [6.07, 6.45) is 3.23. The van der Waals surface area contributed by atoms with E-state index in [0.29, 0.717) is 17.4 Å². The van der Waals surface area contributed by atoms with E-state index in [2.05, 4.69) is 53.4 Å². The number of aromatic nitrogens is 2. The molecule has 2 heterocycles. The summed E-state index contributed by atoms with van der Waals surface area (Å²) in [5.74, 6) is 0.888. The monoisotopic (exact) mass is 338 g/mol. The molecule has 25 heavy (non-hydrogen) atoms. The van der Waals surface area contributed by atoms with Gasteiger partial charge in [0.25, 0.3) is 5.91 Å². The molecule has 3 rings (SSSR count). The Kier molecular flexibility index (Phi) is 4.75. The lowest BCUT2D eigenvalue weighted by Gasteiger charge is -2.25. The average Bonchev–Trinajstić information content (AvgIpc) is 2.90. The van der Waals surface area contributed by atoms with Crippen LogP contribution in [0.15, 0.2) is 42.7 Å². The predicted molar refractivity (Wildman–Crippen MR) is 99.7 cm³/mol. The van der Waals surface area contributed by atoms with Gasteiger partial charge in [-0.15, -0.1) is 0 Å². The Bertz CT molecular complexity index is 725. The van der Waals surface area contributed by atoms with E-state index < -0.39 is 0 Å². The number of benzene rings is 1. The minimum absolute atomic E-state index is 0.00241. The summed E-state index contributed by atoms with van der Waals surface area (Å²) in [4.78, 5) is 23.3. The van der Waals surface area contributed by atoms with Crippen LogP contribution in [0.4, 0.5) is 5.95 Å². The zero-order valence-electron chi connectivity index (χ0n) is 15.4. The van der Waals surface area contributed by atoms with E-state index in [9.17, 15) is 4.79 Å². The first-order chi connectivity index (χ1) is 11.9. The minimum Gasteiger partial charge on any atom is -0.352 e. The Hall–Kier alpha value is -2.43. The highest BCUT2D eigenvalue weighted by atomic mass is 16.2. The number of carbonyl (C=O) groups excluding carboxylic acids is 1. The fraction of sp³-hybridized carbons (Fsp3) is 0.450. The van der Waals surface area contributed by atoms with Crippen LogP contribution in [-0.2, 0) is 0 Å². The van der Waals surface area contributed by atoms with Gasteiger partial charge in [0.2, 0.25) is 5.95 Å². The lowest BCUT2D eigenvalue weighted by Crippen LogP contribution is -2.30. The van der Waals surface area contributed by atoms with Gasteiger partial charge < -0.3 is 10.2 Å². The molecule has 0 saturated carbocycles. The second kappa shape index (κ2) is 6.82. The number of nitrogens with one attached hydrogen (secondary N) is 1. The molecule has 1 aliphatic heterocycles. The SMILES string of the molecule is CC(C)Nc1ncc(C(=O)N2CC(c3ccccc3)C(C)(C)C2)cn1. The van der Waals surface area contributed by atoms with Crippen LogP contribution in [0.25, 0.3) is 0 Å². The number of carbonyl (C=O) groups is 1. The predicted octanol–water partition coefficient (Wildman–Crippen LogP) is 3.56. The van der Waals surface area contributed by atoms with Gasteiger partial charge in [-0.2, -0.15) is 0 Å². The van der Waals surface area contributed by atoms with Crippen LogP contribution in [0, 0.1) is 5.41 Å². The molecule has 5 nitrogen and oxygen atoms in total. The molecular formula is C20H26N4O. The third kappa shape index (κ3) is 3.81. The summed E-state index contributed by atoms with van der Waals surface area (Å²) in [6.45, 7) is 9.96. The maximum Gasteiger partial charge on any atom is 0.257 e. The van der Waals surface area contributed by atoms with Crippen LogP contribution in [0.1, 0.15) is 49.5 Å². The van der Waals surface area contributed by atoms with Crippen LogP contribution in [-0.4, -0.2) is 39.9 Å². The first-order valence-corrected chi connectivity index (χ1v) is 8.79. The van der Waals surface area contributed by atoms with Crippen molar-refractivity contribution in [3.63, 3.8) is 0 Å². The largest absolute Gasteiger partial charge is 0.352 e. The smallest absolute Gasteiger partial charge is 0.257 e. The standard InChI is InChI=1S/C20H26N4O/c1-14(2)23-19-21-10-16(11-22-19)18(25)24-12-17(20(3,4)13-24)15-8-6-5-7-9-15/h5-11,14,17H,12-13H2,1-4H3,(H,21,22,23). The van der Waals surface area contributed by atoms with E-state index >= 15 is 0 Å². The van der Waals surface area contributed by atoms with Crippen molar-refractivity contribution in [2.75, 3.05) is 18.4 Å². The summed E-state index contributed by atoms with van der Waals surface area (Å²) >= 11 is 0. The molecule has 1 saturated heterocycles. The molecule has 5 heteroatoms. The molecule has 1 unspecified atom stereocenters. The first-order valence-electron chi connectivity index (χ1n) is 8.79. The normalized spacial score (nSPS) is 19.2. The van der Waals surface area contributed by atoms with E-state index in [-0.39, 0.29) is 17.4 Å². The number of nitrogens with zero attached hydrogens (tertiary/aromatic N) is 3. The molecule has 1 aromatic carbocycles. The fourth-order valence-corrected chi connectivity index (χ4v) is 3.48. The summed E-state index contributed by atoms with van der Waals surface area (Å²) in [6, 6.07) is 10.7. The summed E-state index contributed by atoms with van der Waals surface area (Å²) < 4.78 is 0. The van der Waals surface area contributed by atoms with Crippen LogP contribution in [0.3, 0.4) is 0 Å². The Labute approximate surface area is 149 Å². The lowest BCUT2D eigenvalue weighted by atomic mass is 9.78. The van der Waals surface area contributed by atoms with Crippen molar-refractivity contribution >= 4 is 11.9 Å². The van der Waals surface area contributed by atoms with E-state index in [1.807, 2.05) is 24.8 Å². The van der Waals surface area contributed by atoms with Crippen molar-refractivity contribution < 1.29 is 4.79 Å². The Morgan fingerprint density at radius 2 is 1.84 bits per heavy atom. The Morgan fingerprint density at radius 1 is 1.20 bits per heavy atom. The van der Waals surface area contributed by atoms with Gasteiger partial charge in [-0.05, 0) is 24.8 Å². The molecule has 1 amide bonds. The fourth-order valence-electron chi connectivity index (χ4n) is 3.48. The molecule has 1 fully saturated rings. The van der Waals surface area contributed by atoms with Gasteiger partial charge in [-0.25, -0.2) is 9.97 Å². The van der Waals surface area contributed by atoms with Crippen LogP contribution in [0.2, 0.25) is 0 Å². The maximum atomic E-state index is 12.9. The number of anilines is 1. The van der Waals surface area contributed by atoms with Gasteiger partial charge in [0, 0.05) is 37.4 Å². The van der Waals surface area contributed by atoms with Crippen molar-refractivity contribution in [1.29, 1.82) is 0 Å². The number of hydrogen-bond acceptors (Lipinski definition) is 4. The van der Waals surface area contributed by atoms with E-state index in [0.717, 1.165) is 13.1 Å². The third-order valence-corrected chi connectivity index (χ3v) is 4.75. The quantitative estimate of drug-likeness (QED) is 0.926. The van der Waals surface area contributed by atoms with Crippen molar-refractivity contribution in [1.82, 2.24) is 14.9 Å². The van der Waals surface area contributed by atoms with Gasteiger partial charge in [0.1, 0.15) is 0 Å². The highest BCUT2D eigenvalue weighted by molar-refractivity contribution is 5.94.